The van der Waals surface area contributed by atoms with Gasteiger partial charge in [-0.2, -0.15) is 0 Å². The lowest BCUT2D eigenvalue weighted by molar-refractivity contribution is 0.958. The topological polar surface area (TPSA) is 66.8 Å². The summed E-state index contributed by atoms with van der Waals surface area (Å²) >= 11 is 0. The molecule has 0 saturated carbocycles. The van der Waals surface area contributed by atoms with Gasteiger partial charge in [0.1, 0.15) is 0 Å². The summed E-state index contributed by atoms with van der Waals surface area (Å²) in [6, 6.07) is 37.1. The van der Waals surface area contributed by atoms with Crippen LogP contribution < -0.4 is 11.1 Å². The maximum atomic E-state index is 7.74. The van der Waals surface area contributed by atoms with Gasteiger partial charge in [-0.05, 0) is 75.0 Å². The molecule has 47 heavy (non-hydrogen) atoms. The number of nitrogens with two attached hydrogens (primary N) is 1. The number of para-hydroxylation sites is 1. The van der Waals surface area contributed by atoms with Crippen molar-refractivity contribution in [1.29, 1.82) is 5.41 Å². The first-order chi connectivity index (χ1) is 23.2. The van der Waals surface area contributed by atoms with Gasteiger partial charge >= 0.3 is 0 Å². The molecule has 0 amide bonds. The van der Waals surface area contributed by atoms with Gasteiger partial charge in [0.25, 0.3) is 0 Å². The van der Waals surface area contributed by atoms with Crippen molar-refractivity contribution >= 4 is 44.4 Å². The number of allylic oxidation sites excluding steroid dienone is 8. The van der Waals surface area contributed by atoms with E-state index in [2.05, 4.69) is 144 Å². The van der Waals surface area contributed by atoms with Crippen molar-refractivity contribution in [1.82, 2.24) is 9.88 Å². The smallest absolute Gasteiger partial charge is 0.0619 e. The second-order valence-electron chi connectivity index (χ2n) is 11.6. The normalized spacial score (nSPS) is 13.7. The van der Waals surface area contributed by atoms with Crippen LogP contribution in [0.1, 0.15) is 11.1 Å². The number of nitrogens with zero attached hydrogens (tertiary/aromatic N) is 1. The van der Waals surface area contributed by atoms with Gasteiger partial charge in [0.05, 0.1) is 11.0 Å². The van der Waals surface area contributed by atoms with Gasteiger partial charge in [-0.15, -0.1) is 0 Å². The Balaban J connectivity index is 1.30. The van der Waals surface area contributed by atoms with E-state index in [1.165, 1.54) is 44.4 Å². The van der Waals surface area contributed by atoms with E-state index in [9.17, 15) is 0 Å². The average molecular weight is 609 g/mol. The molecule has 0 spiro atoms. The monoisotopic (exact) mass is 608 g/mol. The van der Waals surface area contributed by atoms with E-state index >= 15 is 0 Å². The number of nitrogens with one attached hydrogen (secondary N) is 2. The zero-order chi connectivity index (χ0) is 32.2. The molecule has 0 bridgehead atoms. The second kappa shape index (κ2) is 13.1. The van der Waals surface area contributed by atoms with Crippen LogP contribution >= 0.6 is 0 Å². The van der Waals surface area contributed by atoms with Crippen molar-refractivity contribution in [2.24, 2.45) is 5.73 Å². The molecular formula is C43H36N4. The van der Waals surface area contributed by atoms with Crippen LogP contribution in [0.5, 0.6) is 0 Å². The highest BCUT2D eigenvalue weighted by Gasteiger charge is 2.16. The number of aromatic nitrogens is 1. The lowest BCUT2D eigenvalue weighted by Gasteiger charge is -2.11. The average Bonchev–Trinajstić information content (AvgIpc) is 3.47. The molecule has 6 aromatic rings. The molecule has 4 N–H and O–H groups in total. The molecule has 228 valence electrons. The highest BCUT2D eigenvalue weighted by molar-refractivity contribution is 6.19. The van der Waals surface area contributed by atoms with E-state index in [0.717, 1.165) is 52.1 Å². The quantitative estimate of drug-likeness (QED) is 0.113. The van der Waals surface area contributed by atoms with Gasteiger partial charge in [-0.25, -0.2) is 0 Å². The largest absolute Gasteiger partial charge is 0.404 e. The molecule has 0 unspecified atom stereocenters. The summed E-state index contributed by atoms with van der Waals surface area (Å²) in [5.74, 6) is 0. The molecule has 0 atom stereocenters. The van der Waals surface area contributed by atoms with E-state index in [1.54, 1.807) is 12.3 Å². The van der Waals surface area contributed by atoms with Crippen molar-refractivity contribution in [3.63, 3.8) is 0 Å². The van der Waals surface area contributed by atoms with Crippen molar-refractivity contribution in [2.45, 2.75) is 6.42 Å². The third kappa shape index (κ3) is 5.73. The Labute approximate surface area is 275 Å². The molecule has 0 radical (unpaired) electrons. The molecule has 1 aromatic heterocycles. The Bertz CT molecular complexity index is 2290. The first-order valence-electron chi connectivity index (χ1n) is 15.9. The van der Waals surface area contributed by atoms with E-state index in [4.69, 9.17) is 11.1 Å². The summed E-state index contributed by atoms with van der Waals surface area (Å²) in [5.41, 5.74) is 17.0. The minimum absolute atomic E-state index is 0.793. The van der Waals surface area contributed by atoms with Crippen molar-refractivity contribution in [3.8, 4) is 16.8 Å². The molecule has 4 nitrogen and oxygen atoms in total. The molecule has 0 saturated heterocycles. The molecule has 7 rings (SSSR count). The predicted octanol–water partition coefficient (Wildman–Crippen LogP) is 9.81. The Morgan fingerprint density at radius 3 is 2.38 bits per heavy atom. The van der Waals surface area contributed by atoms with Gasteiger partial charge in [0.2, 0.25) is 0 Å². The number of hydrogen-bond donors (Lipinski definition) is 3. The summed E-state index contributed by atoms with van der Waals surface area (Å²) < 4.78 is 2.41. The number of rotatable bonds is 9. The van der Waals surface area contributed by atoms with Crippen molar-refractivity contribution in [2.75, 3.05) is 6.54 Å². The van der Waals surface area contributed by atoms with Crippen LogP contribution in [0.4, 0.5) is 0 Å². The Hall–Kier alpha value is -6.13. The van der Waals surface area contributed by atoms with Crippen LogP contribution in [0, 0.1) is 5.41 Å². The maximum absolute atomic E-state index is 7.74. The molecule has 1 aliphatic rings. The second-order valence-corrected chi connectivity index (χ2v) is 11.6. The number of fused-ring (bicyclic) bond motifs is 5. The molecular weight excluding hydrogens is 573 g/mol. The summed E-state index contributed by atoms with van der Waals surface area (Å²) in [6.07, 6.45) is 17.9. The molecule has 0 fully saturated rings. The zero-order valence-electron chi connectivity index (χ0n) is 26.2. The van der Waals surface area contributed by atoms with Crippen LogP contribution in [0.25, 0.3) is 55.0 Å². The first-order valence-corrected chi connectivity index (χ1v) is 15.9. The lowest BCUT2D eigenvalue weighted by atomic mass is 9.97. The molecule has 0 aliphatic carbocycles. The highest BCUT2D eigenvalue weighted by atomic mass is 15.0. The molecule has 5 aromatic carbocycles. The van der Waals surface area contributed by atoms with Crippen molar-refractivity contribution < 1.29 is 0 Å². The number of dihydropyridines is 1. The van der Waals surface area contributed by atoms with Gasteiger partial charge < -0.3 is 21.0 Å². The van der Waals surface area contributed by atoms with Crippen LogP contribution in [-0.4, -0.2) is 17.3 Å². The van der Waals surface area contributed by atoms with Crippen LogP contribution in [0.3, 0.4) is 0 Å². The Morgan fingerprint density at radius 1 is 0.851 bits per heavy atom. The maximum Gasteiger partial charge on any atom is 0.0619 e. The van der Waals surface area contributed by atoms with Crippen molar-refractivity contribution in [3.05, 3.63) is 181 Å². The van der Waals surface area contributed by atoms with Crippen LogP contribution in [0.2, 0.25) is 0 Å². The fourth-order valence-corrected chi connectivity index (χ4v) is 6.46. The first kappa shape index (κ1) is 29.6. The van der Waals surface area contributed by atoms with Crippen LogP contribution in [0.15, 0.2) is 170 Å². The molecule has 4 heteroatoms. The Kier molecular flexibility index (Phi) is 8.23. The number of benzene rings is 5. The summed E-state index contributed by atoms with van der Waals surface area (Å²) in [7, 11) is 0. The lowest BCUT2D eigenvalue weighted by Crippen LogP contribution is -2.10. The summed E-state index contributed by atoms with van der Waals surface area (Å²) in [4.78, 5) is 0. The summed E-state index contributed by atoms with van der Waals surface area (Å²) in [5, 5.41) is 15.9. The third-order valence-electron chi connectivity index (χ3n) is 8.78. The van der Waals surface area contributed by atoms with Crippen LogP contribution in [-0.2, 0) is 6.42 Å². The fraction of sp³-hybridized carbons (Fsp3) is 0.0465. The van der Waals surface area contributed by atoms with E-state index in [1.807, 2.05) is 12.3 Å². The third-order valence-corrected chi connectivity index (χ3v) is 8.78. The van der Waals surface area contributed by atoms with Gasteiger partial charge in [0.15, 0.2) is 0 Å². The van der Waals surface area contributed by atoms with E-state index in [0.29, 0.717) is 0 Å². The SMILES string of the molecule is C=C/C=C(\C=N)c1ccc(-c2ccc3c(ccc4c5ccc(C/C=C\C(=C/N)C6=CNCC=C6)cc5n(-c5ccccc5)c34)c2)cc1. The highest BCUT2D eigenvalue weighted by Crippen LogP contribution is 2.38. The van der Waals surface area contributed by atoms with Gasteiger partial charge in [-0.1, -0.05) is 122 Å². The minimum atomic E-state index is 0.793. The number of hydrogen-bond acceptors (Lipinski definition) is 3. The van der Waals surface area contributed by atoms with E-state index < -0.39 is 0 Å². The predicted molar refractivity (Wildman–Crippen MR) is 201 cm³/mol. The molecule has 1 aliphatic heterocycles. The van der Waals surface area contributed by atoms with E-state index in [-0.39, 0.29) is 0 Å². The standard InChI is InChI=1S/C43H36N4/c1-2-8-35(27-44)32-17-15-31(16-18-32)33-19-22-39-34(26-33)20-23-41-40-21-14-30(9-6-10-36(28-45)37-11-7-24-46-29-37)25-42(40)47(43(39)41)38-12-4-3-5-13-38/h2-8,10-23,25-29,44,46H,1,9,24,45H2/b10-6-,35-8+,36-28+,44-27?. The molecule has 2 heterocycles. The Morgan fingerprint density at radius 2 is 1.64 bits per heavy atom. The summed E-state index contributed by atoms with van der Waals surface area (Å²) in [6.45, 7) is 4.61. The minimum Gasteiger partial charge on any atom is -0.404 e. The zero-order valence-corrected chi connectivity index (χ0v) is 26.2. The van der Waals surface area contributed by atoms with Gasteiger partial charge in [0, 0.05) is 47.0 Å². The van der Waals surface area contributed by atoms with Gasteiger partial charge in [-0.3, -0.25) is 0 Å². The fourth-order valence-electron chi connectivity index (χ4n) is 6.46.